The highest BCUT2D eigenvalue weighted by atomic mass is 16.3. The van der Waals surface area contributed by atoms with Crippen molar-refractivity contribution in [3.8, 4) is 0 Å². The molecule has 3 rings (SSSR count). The zero-order chi connectivity index (χ0) is 15.2. The molecule has 0 radical (unpaired) electrons. The van der Waals surface area contributed by atoms with Gasteiger partial charge < -0.3 is 5.11 Å². The van der Waals surface area contributed by atoms with Crippen LogP contribution in [0.3, 0.4) is 0 Å². The van der Waals surface area contributed by atoms with Crippen molar-refractivity contribution in [3.05, 3.63) is 71.8 Å². The van der Waals surface area contributed by atoms with Gasteiger partial charge in [-0.1, -0.05) is 60.7 Å². The Bertz CT molecular complexity index is 499. The van der Waals surface area contributed by atoms with Crippen molar-refractivity contribution >= 4 is 0 Å². The summed E-state index contributed by atoms with van der Waals surface area (Å²) in [7, 11) is 0. The maximum atomic E-state index is 9.79. The Labute approximate surface area is 134 Å². The molecule has 1 aliphatic rings. The summed E-state index contributed by atoms with van der Waals surface area (Å²) in [5.41, 5.74) is 2.88. The predicted molar refractivity (Wildman–Crippen MR) is 91.7 cm³/mol. The van der Waals surface area contributed by atoms with E-state index in [0.29, 0.717) is 5.92 Å². The first kappa shape index (κ1) is 15.3. The van der Waals surface area contributed by atoms with Crippen LogP contribution in [-0.2, 0) is 12.8 Å². The maximum absolute atomic E-state index is 9.79. The topological polar surface area (TPSA) is 20.2 Å². The maximum Gasteiger partial charge on any atom is 0.0540 e. The zero-order valence-corrected chi connectivity index (χ0v) is 13.2. The van der Waals surface area contributed by atoms with Gasteiger partial charge in [0.25, 0.3) is 0 Å². The number of benzene rings is 2. The number of hydrogen-bond donors (Lipinski definition) is 1. The standard InChI is InChI=1S/C21H26O/c22-21-13-11-19(12-14-21)20(15-17-7-3-1-4-8-17)16-18-9-5-2-6-10-18/h1-10,19-22H,11-16H2. The van der Waals surface area contributed by atoms with Gasteiger partial charge in [-0.15, -0.1) is 0 Å². The van der Waals surface area contributed by atoms with E-state index in [-0.39, 0.29) is 6.10 Å². The van der Waals surface area contributed by atoms with Crippen molar-refractivity contribution in [3.63, 3.8) is 0 Å². The number of rotatable bonds is 5. The summed E-state index contributed by atoms with van der Waals surface area (Å²) in [4.78, 5) is 0. The summed E-state index contributed by atoms with van der Waals surface area (Å²) in [6, 6.07) is 21.7. The van der Waals surface area contributed by atoms with Gasteiger partial charge in [0.05, 0.1) is 6.10 Å². The van der Waals surface area contributed by atoms with E-state index in [9.17, 15) is 5.11 Å². The fourth-order valence-corrected chi connectivity index (χ4v) is 3.81. The summed E-state index contributed by atoms with van der Waals surface area (Å²) in [5, 5.41) is 9.79. The molecule has 0 aliphatic heterocycles. The first-order chi connectivity index (χ1) is 10.8. The molecular formula is C21H26O. The van der Waals surface area contributed by atoms with E-state index in [2.05, 4.69) is 60.7 Å². The van der Waals surface area contributed by atoms with Gasteiger partial charge in [-0.25, -0.2) is 0 Å². The Hall–Kier alpha value is -1.60. The molecule has 1 aliphatic carbocycles. The van der Waals surface area contributed by atoms with E-state index in [0.717, 1.165) is 31.6 Å². The Morgan fingerprint density at radius 1 is 0.727 bits per heavy atom. The number of aliphatic hydroxyl groups is 1. The quantitative estimate of drug-likeness (QED) is 0.852. The van der Waals surface area contributed by atoms with Crippen LogP contribution in [0, 0.1) is 11.8 Å². The minimum Gasteiger partial charge on any atom is -0.393 e. The monoisotopic (exact) mass is 294 g/mol. The minimum absolute atomic E-state index is 0.0645. The number of hydrogen-bond acceptors (Lipinski definition) is 1. The molecule has 1 nitrogen and oxygen atoms in total. The lowest BCUT2D eigenvalue weighted by Crippen LogP contribution is -2.26. The average molecular weight is 294 g/mol. The number of aliphatic hydroxyl groups excluding tert-OH is 1. The second-order valence-electron chi connectivity index (χ2n) is 6.71. The molecule has 1 fully saturated rings. The lowest BCUT2D eigenvalue weighted by Gasteiger charge is -2.32. The normalized spacial score (nSPS) is 21.9. The fraction of sp³-hybridized carbons (Fsp3) is 0.429. The van der Waals surface area contributed by atoms with Gasteiger partial charge in [-0.3, -0.25) is 0 Å². The third kappa shape index (κ3) is 4.20. The molecule has 2 aromatic rings. The molecule has 0 atom stereocenters. The summed E-state index contributed by atoms with van der Waals surface area (Å²) < 4.78 is 0. The lowest BCUT2D eigenvalue weighted by atomic mass is 9.74. The molecule has 0 spiro atoms. The second kappa shape index (κ2) is 7.60. The molecule has 0 heterocycles. The Balaban J connectivity index is 1.73. The molecule has 0 unspecified atom stereocenters. The third-order valence-corrected chi connectivity index (χ3v) is 5.09. The van der Waals surface area contributed by atoms with E-state index >= 15 is 0 Å². The van der Waals surface area contributed by atoms with Crippen LogP contribution in [0.2, 0.25) is 0 Å². The molecule has 1 saturated carbocycles. The molecule has 1 heteroatoms. The van der Waals surface area contributed by atoms with Crippen molar-refractivity contribution in [1.82, 2.24) is 0 Å². The van der Waals surface area contributed by atoms with Crippen LogP contribution >= 0.6 is 0 Å². The van der Waals surface area contributed by atoms with E-state index < -0.39 is 0 Å². The molecule has 0 saturated heterocycles. The summed E-state index contributed by atoms with van der Waals surface area (Å²) in [5.74, 6) is 1.42. The van der Waals surface area contributed by atoms with Crippen molar-refractivity contribution in [2.24, 2.45) is 11.8 Å². The van der Waals surface area contributed by atoms with E-state index in [1.807, 2.05) is 0 Å². The summed E-state index contributed by atoms with van der Waals surface area (Å²) in [6.07, 6.45) is 6.53. The van der Waals surface area contributed by atoms with Gasteiger partial charge in [0, 0.05) is 0 Å². The minimum atomic E-state index is -0.0645. The first-order valence-corrected chi connectivity index (χ1v) is 8.57. The van der Waals surface area contributed by atoms with Gasteiger partial charge >= 0.3 is 0 Å². The van der Waals surface area contributed by atoms with Crippen LogP contribution in [0.25, 0.3) is 0 Å². The second-order valence-corrected chi connectivity index (χ2v) is 6.71. The average Bonchev–Trinajstić information content (AvgIpc) is 2.57. The van der Waals surface area contributed by atoms with Crippen molar-refractivity contribution < 1.29 is 5.11 Å². The third-order valence-electron chi connectivity index (χ3n) is 5.09. The van der Waals surface area contributed by atoms with E-state index in [4.69, 9.17) is 0 Å². The molecule has 22 heavy (non-hydrogen) atoms. The van der Waals surface area contributed by atoms with Gasteiger partial charge in [-0.2, -0.15) is 0 Å². The Kier molecular flexibility index (Phi) is 5.29. The molecule has 1 N–H and O–H groups in total. The molecule has 2 aromatic carbocycles. The first-order valence-electron chi connectivity index (χ1n) is 8.57. The van der Waals surface area contributed by atoms with Gasteiger partial charge in [0.1, 0.15) is 0 Å². The van der Waals surface area contributed by atoms with Crippen LogP contribution in [0.15, 0.2) is 60.7 Å². The molecule has 116 valence electrons. The molecule has 0 aromatic heterocycles. The van der Waals surface area contributed by atoms with Crippen molar-refractivity contribution in [1.29, 1.82) is 0 Å². The van der Waals surface area contributed by atoms with Crippen LogP contribution in [0.5, 0.6) is 0 Å². The highest BCUT2D eigenvalue weighted by molar-refractivity contribution is 5.19. The van der Waals surface area contributed by atoms with Crippen LogP contribution < -0.4 is 0 Å². The Morgan fingerprint density at radius 3 is 1.64 bits per heavy atom. The van der Waals surface area contributed by atoms with E-state index in [1.54, 1.807) is 0 Å². The van der Waals surface area contributed by atoms with Crippen LogP contribution in [0.4, 0.5) is 0 Å². The lowest BCUT2D eigenvalue weighted by molar-refractivity contribution is 0.0906. The largest absolute Gasteiger partial charge is 0.393 e. The summed E-state index contributed by atoms with van der Waals surface area (Å²) in [6.45, 7) is 0. The molecule has 0 bridgehead atoms. The predicted octanol–water partition coefficient (Wildman–Crippen LogP) is 4.64. The van der Waals surface area contributed by atoms with Crippen LogP contribution in [0.1, 0.15) is 36.8 Å². The van der Waals surface area contributed by atoms with Gasteiger partial charge in [0.15, 0.2) is 0 Å². The van der Waals surface area contributed by atoms with E-state index in [1.165, 1.54) is 24.0 Å². The van der Waals surface area contributed by atoms with Gasteiger partial charge in [0.2, 0.25) is 0 Å². The van der Waals surface area contributed by atoms with Crippen LogP contribution in [-0.4, -0.2) is 11.2 Å². The summed E-state index contributed by atoms with van der Waals surface area (Å²) >= 11 is 0. The highest BCUT2D eigenvalue weighted by Crippen LogP contribution is 2.34. The Morgan fingerprint density at radius 2 is 1.18 bits per heavy atom. The van der Waals surface area contributed by atoms with Gasteiger partial charge in [-0.05, 0) is 61.5 Å². The molecule has 0 amide bonds. The SMILES string of the molecule is OC1CCC(C(Cc2ccccc2)Cc2ccccc2)CC1. The fourth-order valence-electron chi connectivity index (χ4n) is 3.81. The van der Waals surface area contributed by atoms with Crippen molar-refractivity contribution in [2.75, 3.05) is 0 Å². The van der Waals surface area contributed by atoms with Crippen molar-refractivity contribution in [2.45, 2.75) is 44.6 Å². The molecular weight excluding hydrogens is 268 g/mol. The highest BCUT2D eigenvalue weighted by Gasteiger charge is 2.27. The zero-order valence-electron chi connectivity index (χ0n) is 13.2. The smallest absolute Gasteiger partial charge is 0.0540 e.